The number of nitrogens with zero attached hydrogens (tertiary/aromatic N) is 2. The van der Waals surface area contributed by atoms with Crippen molar-refractivity contribution in [2.75, 3.05) is 19.0 Å². The third-order valence-corrected chi connectivity index (χ3v) is 6.18. The molecule has 0 spiro atoms. The number of fused-ring (bicyclic) bond motifs is 1. The molecule has 0 aliphatic rings. The first kappa shape index (κ1) is 23.2. The summed E-state index contributed by atoms with van der Waals surface area (Å²) in [5.41, 5.74) is 1.99. The number of carbonyl (C=O) groups is 2. The van der Waals surface area contributed by atoms with Crippen LogP contribution in [0, 0.1) is 0 Å². The van der Waals surface area contributed by atoms with Crippen LogP contribution < -0.4 is 15.6 Å². The van der Waals surface area contributed by atoms with Crippen LogP contribution in [0.2, 0.25) is 0 Å². The molecule has 0 aliphatic heterocycles. The number of carbonyl (C=O) groups excluding carboxylic acids is 2. The minimum Gasteiger partial charge on any atom is -0.497 e. The normalized spacial score (nSPS) is 10.8. The molecule has 0 bridgehead atoms. The van der Waals surface area contributed by atoms with Crippen LogP contribution >= 0.6 is 11.3 Å². The Morgan fingerprint density at radius 1 is 1.09 bits per heavy atom. The fourth-order valence-corrected chi connectivity index (χ4v) is 4.64. The van der Waals surface area contributed by atoms with Crippen LogP contribution in [0.15, 0.2) is 58.7 Å². The number of hydrogen-bond acceptors (Lipinski definition) is 7. The van der Waals surface area contributed by atoms with Crippen molar-refractivity contribution in [3.05, 3.63) is 75.5 Å². The van der Waals surface area contributed by atoms with Gasteiger partial charge in [0.15, 0.2) is 0 Å². The zero-order valence-electron chi connectivity index (χ0n) is 19.0. The van der Waals surface area contributed by atoms with Crippen molar-refractivity contribution in [3.8, 4) is 16.9 Å². The quantitative estimate of drug-likeness (QED) is 0.404. The van der Waals surface area contributed by atoms with Gasteiger partial charge in [0.2, 0.25) is 5.91 Å². The maximum atomic E-state index is 13.0. The van der Waals surface area contributed by atoms with E-state index < -0.39 is 5.97 Å². The lowest BCUT2D eigenvalue weighted by molar-refractivity contribution is -0.115. The number of benzene rings is 2. The van der Waals surface area contributed by atoms with Crippen LogP contribution in [0.5, 0.6) is 5.75 Å². The predicted octanol–water partition coefficient (Wildman–Crippen LogP) is 4.03. The zero-order chi connectivity index (χ0) is 24.2. The topological polar surface area (TPSA) is 99.5 Å². The highest BCUT2D eigenvalue weighted by atomic mass is 32.1. The van der Waals surface area contributed by atoms with Crippen molar-refractivity contribution >= 4 is 39.0 Å². The molecule has 34 heavy (non-hydrogen) atoms. The summed E-state index contributed by atoms with van der Waals surface area (Å²) in [5.74, 6) is -0.178. The second kappa shape index (κ2) is 9.88. The van der Waals surface area contributed by atoms with Crippen LogP contribution in [0.25, 0.3) is 21.9 Å². The van der Waals surface area contributed by atoms with Gasteiger partial charge in [-0.05, 0) is 30.7 Å². The summed E-state index contributed by atoms with van der Waals surface area (Å²) in [5, 5.41) is 10.4. The van der Waals surface area contributed by atoms with Crippen LogP contribution in [-0.2, 0) is 23.0 Å². The number of aromatic nitrogens is 2. The summed E-state index contributed by atoms with van der Waals surface area (Å²) in [6.07, 6.45) is -0.0628. The fourth-order valence-electron chi connectivity index (χ4n) is 3.67. The highest BCUT2D eigenvalue weighted by molar-refractivity contribution is 7.15. The monoisotopic (exact) mass is 477 g/mol. The van der Waals surface area contributed by atoms with E-state index in [9.17, 15) is 14.4 Å². The summed E-state index contributed by atoms with van der Waals surface area (Å²) >= 11 is 1.24. The molecule has 8 nitrogen and oxygen atoms in total. The Labute approximate surface area is 199 Å². The number of aryl methyl sites for hydroxylation is 1. The van der Waals surface area contributed by atoms with Crippen LogP contribution in [0.1, 0.15) is 23.0 Å². The SMILES string of the molecule is CCOC(=O)c1c(-c2ccc(OC)cc2)csc1NC(=O)Cc1nn(C)c(=O)c2ccccc12. The van der Waals surface area contributed by atoms with E-state index in [-0.39, 0.29) is 24.5 Å². The van der Waals surface area contributed by atoms with E-state index in [0.29, 0.717) is 38.3 Å². The first-order valence-electron chi connectivity index (χ1n) is 10.6. The molecule has 2 aromatic carbocycles. The molecule has 174 valence electrons. The Morgan fingerprint density at radius 3 is 2.47 bits per heavy atom. The van der Waals surface area contributed by atoms with Crippen molar-refractivity contribution in [3.63, 3.8) is 0 Å². The number of thiophene rings is 1. The highest BCUT2D eigenvalue weighted by Crippen LogP contribution is 2.37. The third-order valence-electron chi connectivity index (χ3n) is 5.29. The molecule has 2 heterocycles. The molecule has 2 aromatic heterocycles. The van der Waals surface area contributed by atoms with Gasteiger partial charge in [0.25, 0.3) is 5.56 Å². The molecule has 0 radical (unpaired) electrons. The standard InChI is InChI=1S/C25H23N3O5S/c1-4-33-25(31)22-19(15-9-11-16(32-3)12-10-15)14-34-23(22)26-21(29)13-20-17-7-5-6-8-18(17)24(30)28(2)27-20/h5-12,14H,4,13H2,1-3H3,(H,26,29). The van der Waals surface area contributed by atoms with Gasteiger partial charge in [-0.3, -0.25) is 9.59 Å². The molecule has 1 N–H and O–H groups in total. The van der Waals surface area contributed by atoms with E-state index >= 15 is 0 Å². The van der Waals surface area contributed by atoms with Gasteiger partial charge < -0.3 is 14.8 Å². The summed E-state index contributed by atoms with van der Waals surface area (Å²) in [7, 11) is 3.13. The Kier molecular flexibility index (Phi) is 6.74. The third kappa shape index (κ3) is 4.55. The minimum absolute atomic E-state index is 0.0628. The number of amides is 1. The van der Waals surface area contributed by atoms with Crippen molar-refractivity contribution < 1.29 is 19.1 Å². The first-order chi connectivity index (χ1) is 16.4. The van der Waals surface area contributed by atoms with Crippen molar-refractivity contribution in [2.24, 2.45) is 7.05 Å². The van der Waals surface area contributed by atoms with Crippen molar-refractivity contribution in [2.45, 2.75) is 13.3 Å². The summed E-state index contributed by atoms with van der Waals surface area (Å²) in [4.78, 5) is 38.1. The second-order valence-electron chi connectivity index (χ2n) is 7.45. The molecule has 9 heteroatoms. The average Bonchev–Trinajstić information content (AvgIpc) is 3.26. The lowest BCUT2D eigenvalue weighted by atomic mass is 10.0. The number of ether oxygens (including phenoxy) is 2. The van der Waals surface area contributed by atoms with Gasteiger partial charge in [-0.2, -0.15) is 5.10 Å². The zero-order valence-corrected chi connectivity index (χ0v) is 19.8. The molecule has 0 saturated heterocycles. The predicted molar refractivity (Wildman–Crippen MR) is 132 cm³/mol. The summed E-state index contributed by atoms with van der Waals surface area (Å²) < 4.78 is 11.7. The molecule has 0 fully saturated rings. The highest BCUT2D eigenvalue weighted by Gasteiger charge is 2.23. The molecule has 4 rings (SSSR count). The Bertz CT molecular complexity index is 1420. The van der Waals surface area contributed by atoms with Crippen LogP contribution in [-0.4, -0.2) is 35.4 Å². The van der Waals surface area contributed by atoms with Crippen molar-refractivity contribution in [1.82, 2.24) is 9.78 Å². The molecular weight excluding hydrogens is 454 g/mol. The summed E-state index contributed by atoms with van der Waals surface area (Å²) in [6, 6.07) is 14.3. The number of hydrogen-bond donors (Lipinski definition) is 1. The van der Waals surface area contributed by atoms with Crippen LogP contribution in [0.3, 0.4) is 0 Å². The largest absolute Gasteiger partial charge is 0.497 e. The van der Waals surface area contributed by atoms with Gasteiger partial charge in [-0.1, -0.05) is 30.3 Å². The van der Waals surface area contributed by atoms with Gasteiger partial charge in [-0.25, -0.2) is 9.48 Å². The van der Waals surface area contributed by atoms with Gasteiger partial charge in [0, 0.05) is 23.4 Å². The van der Waals surface area contributed by atoms with Crippen LogP contribution in [0.4, 0.5) is 5.00 Å². The molecule has 1 amide bonds. The number of esters is 1. The second-order valence-corrected chi connectivity index (χ2v) is 8.33. The number of nitrogens with one attached hydrogen (secondary N) is 1. The molecule has 0 atom stereocenters. The number of methoxy groups -OCH3 is 1. The summed E-state index contributed by atoms with van der Waals surface area (Å²) in [6.45, 7) is 1.93. The molecule has 4 aromatic rings. The smallest absolute Gasteiger partial charge is 0.341 e. The fraction of sp³-hybridized carbons (Fsp3) is 0.200. The van der Waals surface area contributed by atoms with E-state index in [0.717, 1.165) is 5.56 Å². The van der Waals surface area contributed by atoms with Gasteiger partial charge >= 0.3 is 5.97 Å². The number of rotatable bonds is 7. The lowest BCUT2D eigenvalue weighted by Gasteiger charge is -2.10. The average molecular weight is 478 g/mol. The first-order valence-corrected chi connectivity index (χ1v) is 11.5. The minimum atomic E-state index is -0.518. The van der Waals surface area contributed by atoms with Gasteiger partial charge in [0.1, 0.15) is 16.3 Å². The van der Waals surface area contributed by atoms with E-state index in [1.807, 2.05) is 17.5 Å². The molecule has 0 unspecified atom stereocenters. The molecule has 0 aliphatic carbocycles. The lowest BCUT2D eigenvalue weighted by Crippen LogP contribution is -2.24. The van der Waals surface area contributed by atoms with E-state index in [1.54, 1.807) is 57.5 Å². The Balaban J connectivity index is 1.66. The molecule has 0 saturated carbocycles. The van der Waals surface area contributed by atoms with E-state index in [2.05, 4.69) is 10.4 Å². The van der Waals surface area contributed by atoms with Crippen molar-refractivity contribution in [1.29, 1.82) is 0 Å². The van der Waals surface area contributed by atoms with Gasteiger partial charge in [0.05, 0.1) is 31.2 Å². The Morgan fingerprint density at radius 2 is 1.79 bits per heavy atom. The van der Waals surface area contributed by atoms with E-state index in [4.69, 9.17) is 9.47 Å². The Hall–Kier alpha value is -3.98. The number of anilines is 1. The maximum absolute atomic E-state index is 13.0. The molecular formula is C25H23N3O5S. The maximum Gasteiger partial charge on any atom is 0.341 e. The van der Waals surface area contributed by atoms with Gasteiger partial charge in [-0.15, -0.1) is 11.3 Å². The van der Waals surface area contributed by atoms with E-state index in [1.165, 1.54) is 16.0 Å².